The van der Waals surface area contributed by atoms with E-state index < -0.39 is 0 Å². The molecule has 0 saturated carbocycles. The van der Waals surface area contributed by atoms with E-state index in [9.17, 15) is 0 Å². The van der Waals surface area contributed by atoms with E-state index in [1.807, 2.05) is 26.0 Å². The highest BCUT2D eigenvalue weighted by Gasteiger charge is 2.13. The van der Waals surface area contributed by atoms with E-state index in [-0.39, 0.29) is 6.04 Å². The smallest absolute Gasteiger partial charge is 0.126 e. The summed E-state index contributed by atoms with van der Waals surface area (Å²) in [5.41, 5.74) is 2.09. The maximum atomic E-state index is 4.50. The Morgan fingerprint density at radius 2 is 1.89 bits per heavy atom. The van der Waals surface area contributed by atoms with Crippen LogP contribution in [0.2, 0.25) is 0 Å². The summed E-state index contributed by atoms with van der Waals surface area (Å²) in [4.78, 5) is 10.2. The van der Waals surface area contributed by atoms with Crippen LogP contribution in [0, 0.1) is 20.8 Å². The predicted molar refractivity (Wildman–Crippen MR) is 80.3 cm³/mol. The van der Waals surface area contributed by atoms with E-state index in [0.717, 1.165) is 26.7 Å². The van der Waals surface area contributed by atoms with Gasteiger partial charge in [-0.05, 0) is 55.8 Å². The van der Waals surface area contributed by atoms with E-state index in [4.69, 9.17) is 0 Å². The molecule has 5 heteroatoms. The van der Waals surface area contributed by atoms with Crippen LogP contribution in [-0.4, -0.2) is 9.97 Å². The molecule has 2 aromatic rings. The van der Waals surface area contributed by atoms with Crippen molar-refractivity contribution in [3.8, 4) is 0 Å². The molecule has 2 heterocycles. The third-order valence-electron chi connectivity index (χ3n) is 2.72. The molecule has 1 atom stereocenters. The number of pyridine rings is 1. The highest BCUT2D eigenvalue weighted by atomic mass is 79.9. The standard InChI is InChI=1S/C13H16BrN3S/c1-7-11(14)5-6-12(16-7)17-9(3)13-8(2)15-10(4)18-13/h5-6,9H,1-4H3,(H,16,17). The highest BCUT2D eigenvalue weighted by Crippen LogP contribution is 2.27. The summed E-state index contributed by atoms with van der Waals surface area (Å²) >= 11 is 5.20. The molecule has 0 radical (unpaired) electrons. The first-order valence-electron chi connectivity index (χ1n) is 5.81. The molecule has 0 fully saturated rings. The van der Waals surface area contributed by atoms with E-state index in [2.05, 4.69) is 45.1 Å². The number of rotatable bonds is 3. The van der Waals surface area contributed by atoms with Gasteiger partial charge in [0, 0.05) is 9.35 Å². The van der Waals surface area contributed by atoms with E-state index >= 15 is 0 Å². The minimum atomic E-state index is 0.226. The molecule has 0 amide bonds. The number of nitrogens with one attached hydrogen (secondary N) is 1. The lowest BCUT2D eigenvalue weighted by Crippen LogP contribution is -2.08. The van der Waals surface area contributed by atoms with Crippen molar-refractivity contribution in [1.82, 2.24) is 9.97 Å². The van der Waals surface area contributed by atoms with Crippen LogP contribution in [0.4, 0.5) is 5.82 Å². The summed E-state index contributed by atoms with van der Waals surface area (Å²) in [7, 11) is 0. The number of aromatic nitrogens is 2. The van der Waals surface area contributed by atoms with Crippen molar-refractivity contribution in [2.24, 2.45) is 0 Å². The maximum absolute atomic E-state index is 4.50. The first-order chi connectivity index (χ1) is 8.47. The van der Waals surface area contributed by atoms with Crippen molar-refractivity contribution in [1.29, 1.82) is 0 Å². The van der Waals surface area contributed by atoms with Crippen molar-refractivity contribution in [2.75, 3.05) is 5.32 Å². The quantitative estimate of drug-likeness (QED) is 0.908. The molecule has 1 unspecified atom stereocenters. The van der Waals surface area contributed by atoms with Gasteiger partial charge in [0.2, 0.25) is 0 Å². The molecule has 0 saturated heterocycles. The molecule has 1 N–H and O–H groups in total. The molecule has 0 aromatic carbocycles. The Balaban J connectivity index is 2.18. The molecule has 96 valence electrons. The fourth-order valence-electron chi connectivity index (χ4n) is 1.86. The van der Waals surface area contributed by atoms with Gasteiger partial charge in [-0.25, -0.2) is 9.97 Å². The molecule has 3 nitrogen and oxygen atoms in total. The summed E-state index contributed by atoms with van der Waals surface area (Å²) in [5.74, 6) is 0.897. The number of hydrogen-bond acceptors (Lipinski definition) is 4. The van der Waals surface area contributed by atoms with Crippen molar-refractivity contribution < 1.29 is 0 Å². The first-order valence-corrected chi connectivity index (χ1v) is 7.42. The van der Waals surface area contributed by atoms with Crippen molar-refractivity contribution >= 4 is 33.1 Å². The number of halogens is 1. The Morgan fingerprint density at radius 3 is 2.44 bits per heavy atom. The summed E-state index contributed by atoms with van der Waals surface area (Å²) in [5, 5.41) is 4.53. The molecule has 2 rings (SSSR count). The third kappa shape index (κ3) is 2.90. The van der Waals surface area contributed by atoms with Crippen LogP contribution >= 0.6 is 27.3 Å². The van der Waals surface area contributed by atoms with Gasteiger partial charge in [-0.1, -0.05) is 0 Å². The Morgan fingerprint density at radius 1 is 1.17 bits per heavy atom. The average Bonchev–Trinajstić information content (AvgIpc) is 2.63. The molecular formula is C13H16BrN3S. The normalized spacial score (nSPS) is 12.5. The number of nitrogens with zero attached hydrogens (tertiary/aromatic N) is 2. The zero-order chi connectivity index (χ0) is 13.3. The van der Waals surface area contributed by atoms with Crippen LogP contribution in [-0.2, 0) is 0 Å². The lowest BCUT2D eigenvalue weighted by Gasteiger charge is -2.14. The molecule has 0 aliphatic rings. The van der Waals surface area contributed by atoms with Gasteiger partial charge in [0.05, 0.1) is 22.4 Å². The molecule has 0 aliphatic carbocycles. The first kappa shape index (κ1) is 13.5. The van der Waals surface area contributed by atoms with Gasteiger partial charge >= 0.3 is 0 Å². The largest absolute Gasteiger partial charge is 0.363 e. The zero-order valence-electron chi connectivity index (χ0n) is 10.9. The van der Waals surface area contributed by atoms with E-state index in [1.165, 1.54) is 4.88 Å². The molecule has 18 heavy (non-hydrogen) atoms. The highest BCUT2D eigenvalue weighted by molar-refractivity contribution is 9.10. The van der Waals surface area contributed by atoms with Crippen molar-refractivity contribution in [3.63, 3.8) is 0 Å². The summed E-state index contributed by atoms with van der Waals surface area (Å²) in [6.07, 6.45) is 0. The van der Waals surface area contributed by atoms with Crippen LogP contribution in [0.15, 0.2) is 16.6 Å². The molecular weight excluding hydrogens is 310 g/mol. The number of hydrogen-bond donors (Lipinski definition) is 1. The van der Waals surface area contributed by atoms with Crippen LogP contribution in [0.1, 0.15) is 34.2 Å². The Kier molecular flexibility index (Phi) is 4.02. The number of anilines is 1. The molecule has 2 aromatic heterocycles. The van der Waals surface area contributed by atoms with Crippen molar-refractivity contribution in [3.05, 3.63) is 37.9 Å². The molecule has 0 spiro atoms. The second-order valence-electron chi connectivity index (χ2n) is 4.31. The maximum Gasteiger partial charge on any atom is 0.126 e. The Bertz CT molecular complexity index is 565. The summed E-state index contributed by atoms with van der Waals surface area (Å²) in [6, 6.07) is 4.23. The summed E-state index contributed by atoms with van der Waals surface area (Å²) < 4.78 is 1.03. The second kappa shape index (κ2) is 5.36. The fourth-order valence-corrected chi connectivity index (χ4v) is 3.01. The van der Waals surface area contributed by atoms with Gasteiger partial charge in [-0.3, -0.25) is 0 Å². The SMILES string of the molecule is Cc1nc(C)c(C(C)Nc2ccc(Br)c(C)n2)s1. The van der Waals surface area contributed by atoms with Gasteiger partial charge in [0.25, 0.3) is 0 Å². The Labute approximate surface area is 120 Å². The third-order valence-corrected chi connectivity index (χ3v) is 4.81. The van der Waals surface area contributed by atoms with Gasteiger partial charge in [0.15, 0.2) is 0 Å². The van der Waals surface area contributed by atoms with E-state index in [0.29, 0.717) is 0 Å². The topological polar surface area (TPSA) is 37.8 Å². The average molecular weight is 326 g/mol. The fraction of sp³-hybridized carbons (Fsp3) is 0.385. The second-order valence-corrected chi connectivity index (χ2v) is 6.40. The monoisotopic (exact) mass is 325 g/mol. The van der Waals surface area contributed by atoms with Gasteiger partial charge in [0.1, 0.15) is 5.82 Å². The Hall–Kier alpha value is -0.940. The summed E-state index contributed by atoms with van der Waals surface area (Å²) in [6.45, 7) is 8.22. The molecule has 0 bridgehead atoms. The van der Waals surface area contributed by atoms with Crippen molar-refractivity contribution in [2.45, 2.75) is 33.7 Å². The minimum absolute atomic E-state index is 0.226. The van der Waals surface area contributed by atoms with Gasteiger partial charge in [-0.15, -0.1) is 11.3 Å². The molecule has 0 aliphatic heterocycles. The van der Waals surface area contributed by atoms with E-state index in [1.54, 1.807) is 11.3 Å². The van der Waals surface area contributed by atoms with Crippen LogP contribution in [0.3, 0.4) is 0 Å². The van der Waals surface area contributed by atoms with Crippen LogP contribution < -0.4 is 5.32 Å². The van der Waals surface area contributed by atoms with Gasteiger partial charge in [-0.2, -0.15) is 0 Å². The number of aryl methyl sites for hydroxylation is 3. The minimum Gasteiger partial charge on any atom is -0.363 e. The lowest BCUT2D eigenvalue weighted by molar-refractivity contribution is 0.877. The van der Waals surface area contributed by atoms with Crippen LogP contribution in [0.5, 0.6) is 0 Å². The van der Waals surface area contributed by atoms with Crippen LogP contribution in [0.25, 0.3) is 0 Å². The van der Waals surface area contributed by atoms with Gasteiger partial charge < -0.3 is 5.32 Å². The lowest BCUT2D eigenvalue weighted by atomic mass is 10.2. The predicted octanol–water partition coefficient (Wildman–Crippen LogP) is 4.40. The number of thiazole rings is 1. The zero-order valence-corrected chi connectivity index (χ0v) is 13.3.